The molecule has 0 bridgehead atoms. The van der Waals surface area contributed by atoms with E-state index in [1.807, 2.05) is 12.1 Å². The van der Waals surface area contributed by atoms with Crippen molar-refractivity contribution in [1.82, 2.24) is 10.6 Å². The number of hydrogen-bond donors (Lipinski definition) is 3. The van der Waals surface area contributed by atoms with Crippen molar-refractivity contribution in [1.29, 1.82) is 0 Å². The summed E-state index contributed by atoms with van der Waals surface area (Å²) in [6.07, 6.45) is 13.0. The maximum atomic E-state index is 11.5. The molecule has 1 aliphatic rings. The quantitative estimate of drug-likeness (QED) is 0.161. The fraction of sp³-hybridized carbons (Fsp3) is 0.704. The molecule has 0 heterocycles. The Hall–Kier alpha value is -1.27. The van der Waals surface area contributed by atoms with Gasteiger partial charge in [0.25, 0.3) is 10.4 Å². The maximum absolute atomic E-state index is 11.5. The van der Waals surface area contributed by atoms with Crippen LogP contribution >= 0.6 is 24.8 Å². The average molecular weight is 493 g/mol. The molecule has 4 nitrogen and oxygen atoms in total. The third-order valence-corrected chi connectivity index (χ3v) is 7.01. The Balaban J connectivity index is 1.84. The second kappa shape index (κ2) is 13.6. The number of nitrogens with one attached hydrogen (secondary N) is 2. The highest BCUT2D eigenvalue weighted by molar-refractivity contribution is 7.96. The molecule has 2 unspecified atom stereocenters. The number of carbonyl (C=O) groups is 1. The van der Waals surface area contributed by atoms with Gasteiger partial charge in [-0.2, -0.15) is 0 Å². The number of unbranched alkanes of at least 4 members (excludes halogenated alkanes) is 6. The molecule has 2 atom stereocenters. The zero-order valence-electron chi connectivity index (χ0n) is 21.0. The Bertz CT molecular complexity index is 768. The topological polar surface area (TPSA) is 50.4 Å². The van der Waals surface area contributed by atoms with Gasteiger partial charge in [-0.25, -0.2) is 0 Å². The van der Waals surface area contributed by atoms with Gasteiger partial charge >= 0.3 is 0 Å². The van der Waals surface area contributed by atoms with Gasteiger partial charge in [-0.05, 0) is 66.8 Å². The van der Waals surface area contributed by atoms with Gasteiger partial charge in [-0.3, -0.25) is 4.79 Å². The van der Waals surface area contributed by atoms with Gasteiger partial charge in [-0.15, -0.1) is 0 Å². The molecule has 1 aromatic carbocycles. The molecule has 1 saturated carbocycles. The lowest BCUT2D eigenvalue weighted by molar-refractivity contribution is 0.0778. The number of hydrogen-bond acceptors (Lipinski definition) is 3. The summed E-state index contributed by atoms with van der Waals surface area (Å²) in [7, 11) is 0. The van der Waals surface area contributed by atoms with Crippen molar-refractivity contribution in [3.8, 4) is 5.75 Å². The van der Waals surface area contributed by atoms with Crippen molar-refractivity contribution in [3.63, 3.8) is 0 Å². The van der Waals surface area contributed by atoms with Crippen molar-refractivity contribution in [3.05, 3.63) is 29.8 Å². The van der Waals surface area contributed by atoms with Crippen LogP contribution in [0.15, 0.2) is 24.3 Å². The van der Waals surface area contributed by atoms with Crippen LogP contribution in [-0.4, -0.2) is 23.0 Å². The van der Waals surface area contributed by atoms with Gasteiger partial charge < -0.3 is 15.4 Å². The van der Waals surface area contributed by atoms with E-state index in [1.165, 1.54) is 50.5 Å². The van der Waals surface area contributed by atoms with E-state index in [2.05, 4.69) is 63.1 Å². The Morgan fingerprint density at radius 3 is 2.45 bits per heavy atom. The fourth-order valence-electron chi connectivity index (χ4n) is 5.55. The number of para-hydroxylation sites is 1. The van der Waals surface area contributed by atoms with Gasteiger partial charge in [0.15, 0.2) is 0 Å². The van der Waals surface area contributed by atoms with Gasteiger partial charge in [0.1, 0.15) is 5.75 Å². The van der Waals surface area contributed by atoms with E-state index in [-0.39, 0.29) is 22.1 Å². The molecule has 1 amide bonds. The molecule has 1 fully saturated rings. The lowest BCUT2D eigenvalue weighted by Gasteiger charge is -2.46. The van der Waals surface area contributed by atoms with E-state index in [4.69, 9.17) is 17.0 Å². The van der Waals surface area contributed by atoms with E-state index in [1.54, 1.807) is 0 Å². The zero-order valence-corrected chi connectivity index (χ0v) is 22.8. The number of benzene rings is 1. The Labute approximate surface area is 212 Å². The van der Waals surface area contributed by atoms with Crippen LogP contribution in [-0.2, 0) is 6.42 Å². The minimum Gasteiger partial charge on any atom is -0.432 e. The number of thiol groups is 1. The highest BCUT2D eigenvalue weighted by atomic mass is 32.1. The van der Waals surface area contributed by atoms with Crippen LogP contribution in [0, 0.1) is 10.8 Å². The average Bonchev–Trinajstić information content (AvgIpc) is 2.71. The molecule has 2 N–H and O–H groups in total. The van der Waals surface area contributed by atoms with Crippen molar-refractivity contribution in [2.75, 3.05) is 6.54 Å². The van der Waals surface area contributed by atoms with Crippen LogP contribution in [0.3, 0.4) is 0 Å². The minimum atomic E-state index is -0.260. The number of thiocarbonyl (C=S) groups is 1. The van der Waals surface area contributed by atoms with Crippen LogP contribution in [0.4, 0.5) is 4.79 Å². The monoisotopic (exact) mass is 492 g/mol. The van der Waals surface area contributed by atoms with Gasteiger partial charge in [0.2, 0.25) is 0 Å². The second-order valence-electron chi connectivity index (χ2n) is 10.9. The third-order valence-electron chi connectivity index (χ3n) is 6.66. The van der Waals surface area contributed by atoms with Crippen molar-refractivity contribution >= 4 is 35.3 Å². The second-order valence-corrected chi connectivity index (χ2v) is 11.7. The summed E-state index contributed by atoms with van der Waals surface area (Å²) in [6.45, 7) is 9.75. The van der Waals surface area contributed by atoms with Crippen molar-refractivity contribution < 1.29 is 9.53 Å². The van der Waals surface area contributed by atoms with Gasteiger partial charge in [0.05, 0.1) is 0 Å². The molecule has 0 aromatic heterocycles. The molecule has 2 rings (SSSR count). The summed E-state index contributed by atoms with van der Waals surface area (Å²) in [6, 6.07) is 8.35. The van der Waals surface area contributed by atoms with E-state index < -0.39 is 0 Å². The van der Waals surface area contributed by atoms with Gasteiger partial charge in [-0.1, -0.05) is 97.0 Å². The fourth-order valence-corrected chi connectivity index (χ4v) is 5.89. The normalized spacial score (nSPS) is 21.9. The van der Waals surface area contributed by atoms with Crippen LogP contribution in [0.25, 0.3) is 0 Å². The summed E-state index contributed by atoms with van der Waals surface area (Å²) in [5.74, 6) is 0.857. The molecule has 0 saturated heterocycles. The molecule has 0 spiro atoms. The van der Waals surface area contributed by atoms with Crippen molar-refractivity contribution in [2.24, 2.45) is 10.8 Å². The number of amides is 1. The molecule has 6 heteroatoms. The molecule has 0 radical (unpaired) electrons. The molecule has 33 heavy (non-hydrogen) atoms. The van der Waals surface area contributed by atoms with E-state index in [0.29, 0.717) is 11.7 Å². The number of carbonyl (C=O) groups excluding carboxylic acids is 1. The first-order valence-corrected chi connectivity index (χ1v) is 13.5. The highest BCUT2D eigenvalue weighted by Gasteiger charge is 2.41. The largest absolute Gasteiger partial charge is 0.432 e. The third kappa shape index (κ3) is 10.7. The van der Waals surface area contributed by atoms with E-state index >= 15 is 0 Å². The lowest BCUT2D eigenvalue weighted by atomic mass is 9.62. The zero-order chi connectivity index (χ0) is 24.3. The summed E-state index contributed by atoms with van der Waals surface area (Å²) in [5.41, 5.74) is 1.37. The minimum absolute atomic E-state index is 0.00730. The Kier molecular flexibility index (Phi) is 11.5. The molecule has 186 valence electrons. The molecule has 1 aromatic rings. The summed E-state index contributed by atoms with van der Waals surface area (Å²) in [4.78, 5) is 11.5. The van der Waals surface area contributed by atoms with Crippen LogP contribution in [0.1, 0.15) is 97.5 Å². The Morgan fingerprint density at radius 2 is 1.76 bits per heavy atom. The summed E-state index contributed by atoms with van der Waals surface area (Å²) in [5, 5.41) is 6.51. The van der Waals surface area contributed by atoms with E-state index in [0.717, 1.165) is 31.4 Å². The number of rotatable bonds is 12. The number of ether oxygens (including phenoxy) is 1. The molecule has 1 aliphatic carbocycles. The van der Waals surface area contributed by atoms with Crippen LogP contribution in [0.2, 0.25) is 0 Å². The first-order valence-electron chi connectivity index (χ1n) is 12.7. The van der Waals surface area contributed by atoms with E-state index in [9.17, 15) is 4.79 Å². The van der Waals surface area contributed by atoms with Crippen LogP contribution < -0.4 is 15.4 Å². The Morgan fingerprint density at radius 1 is 1.09 bits per heavy atom. The predicted octanol–water partition coefficient (Wildman–Crippen LogP) is 7.46. The first kappa shape index (κ1) is 28.0. The standard InChI is InChI=1S/C27H44N2O2S2/c1-5-6-7-8-9-10-11-14-21-15-12-13-16-23(21)31-25(33)28-20-27(4)18-22(29-24(30)32)17-26(2,3)19-27/h12-13,15-16,22H,5-11,14,17-20H2,1-4H3,(H,28,33)(H2,29,30,32). The summed E-state index contributed by atoms with van der Waals surface area (Å²) < 4.78 is 6.07. The lowest BCUT2D eigenvalue weighted by Crippen LogP contribution is -2.49. The maximum Gasteiger partial charge on any atom is 0.276 e. The van der Waals surface area contributed by atoms with Crippen molar-refractivity contribution in [2.45, 2.75) is 104 Å². The predicted molar refractivity (Wildman–Crippen MR) is 146 cm³/mol. The highest BCUT2D eigenvalue weighted by Crippen LogP contribution is 2.45. The van der Waals surface area contributed by atoms with Gasteiger partial charge in [0, 0.05) is 12.6 Å². The molecular weight excluding hydrogens is 448 g/mol. The number of aryl methyl sites for hydroxylation is 1. The molecular formula is C27H44N2O2S2. The van der Waals surface area contributed by atoms with Crippen LogP contribution in [0.5, 0.6) is 5.75 Å². The SMILES string of the molecule is CCCCCCCCCc1ccccc1OC(=S)NCC1(C)CC(NC(=O)S)CC(C)(C)C1. The smallest absolute Gasteiger partial charge is 0.276 e. The summed E-state index contributed by atoms with van der Waals surface area (Å²) >= 11 is 9.46. The first-order chi connectivity index (χ1) is 15.6. The molecule has 0 aliphatic heterocycles.